The molecule has 0 saturated heterocycles. The van der Waals surface area contributed by atoms with Crippen LogP contribution in [-0.2, 0) is 4.79 Å². The Labute approximate surface area is 102 Å². The zero-order valence-electron chi connectivity index (χ0n) is 9.78. The second-order valence-electron chi connectivity index (χ2n) is 3.84. The number of carbonyl (C=O) groups is 1. The van der Waals surface area contributed by atoms with Crippen LogP contribution in [0.15, 0.2) is 6.07 Å². The van der Waals surface area contributed by atoms with E-state index in [4.69, 9.17) is 5.73 Å². The Morgan fingerprint density at radius 1 is 1.69 bits per heavy atom. The number of rotatable bonds is 4. The van der Waals surface area contributed by atoms with Gasteiger partial charge in [0.05, 0.1) is 6.04 Å². The van der Waals surface area contributed by atoms with Crippen LogP contribution in [-0.4, -0.2) is 22.1 Å². The minimum atomic E-state index is -0.480. The molecule has 1 aromatic heterocycles. The van der Waals surface area contributed by atoms with Crippen molar-refractivity contribution in [1.29, 1.82) is 0 Å². The van der Waals surface area contributed by atoms with E-state index in [-0.39, 0.29) is 24.2 Å². The van der Waals surface area contributed by atoms with Crippen molar-refractivity contribution in [3.05, 3.63) is 11.8 Å². The monoisotopic (exact) mass is 246 g/mol. The maximum atomic E-state index is 11.6. The van der Waals surface area contributed by atoms with Crippen LogP contribution in [0.4, 0.5) is 5.82 Å². The van der Waals surface area contributed by atoms with Gasteiger partial charge in [-0.25, -0.2) is 0 Å². The summed E-state index contributed by atoms with van der Waals surface area (Å²) in [5.74, 6) is 0.511. The van der Waals surface area contributed by atoms with Crippen LogP contribution in [0, 0.1) is 12.8 Å². The number of aromatic nitrogens is 2. The highest BCUT2D eigenvalue weighted by molar-refractivity contribution is 5.94. The Bertz CT molecular complexity index is 339. The average molecular weight is 247 g/mol. The lowest BCUT2D eigenvalue weighted by Crippen LogP contribution is -2.40. The van der Waals surface area contributed by atoms with Gasteiger partial charge in [0.1, 0.15) is 0 Å². The van der Waals surface area contributed by atoms with Gasteiger partial charge in [0.25, 0.3) is 0 Å². The van der Waals surface area contributed by atoms with Crippen molar-refractivity contribution in [2.45, 2.75) is 33.2 Å². The van der Waals surface area contributed by atoms with Gasteiger partial charge in [-0.2, -0.15) is 5.10 Å². The Kier molecular flexibility index (Phi) is 6.06. The molecule has 0 aliphatic heterocycles. The number of hydrogen-bond acceptors (Lipinski definition) is 3. The number of carbonyl (C=O) groups excluding carboxylic acids is 1. The summed E-state index contributed by atoms with van der Waals surface area (Å²) in [4.78, 5) is 11.6. The molecule has 16 heavy (non-hydrogen) atoms. The molecule has 2 unspecified atom stereocenters. The molecule has 6 heteroatoms. The fraction of sp³-hybridized carbons (Fsp3) is 0.600. The van der Waals surface area contributed by atoms with Crippen LogP contribution >= 0.6 is 12.4 Å². The van der Waals surface area contributed by atoms with E-state index in [1.54, 1.807) is 6.07 Å². The Morgan fingerprint density at radius 2 is 2.31 bits per heavy atom. The molecule has 0 aliphatic carbocycles. The van der Waals surface area contributed by atoms with Gasteiger partial charge in [-0.15, -0.1) is 12.4 Å². The van der Waals surface area contributed by atoms with Crippen LogP contribution in [0.5, 0.6) is 0 Å². The molecule has 1 amide bonds. The summed E-state index contributed by atoms with van der Waals surface area (Å²) in [5, 5.41) is 9.33. The van der Waals surface area contributed by atoms with Crippen molar-refractivity contribution >= 4 is 24.1 Å². The summed E-state index contributed by atoms with van der Waals surface area (Å²) >= 11 is 0. The second-order valence-corrected chi connectivity index (χ2v) is 3.84. The number of aromatic amines is 1. The first-order chi connectivity index (χ1) is 7.04. The van der Waals surface area contributed by atoms with Gasteiger partial charge in [0.15, 0.2) is 5.82 Å². The first-order valence-corrected chi connectivity index (χ1v) is 5.13. The highest BCUT2D eigenvalue weighted by Crippen LogP contribution is 2.09. The first kappa shape index (κ1) is 14.9. The van der Waals surface area contributed by atoms with Crippen LogP contribution < -0.4 is 11.1 Å². The van der Waals surface area contributed by atoms with E-state index in [1.807, 2.05) is 20.8 Å². The van der Waals surface area contributed by atoms with Gasteiger partial charge in [-0.3, -0.25) is 9.89 Å². The van der Waals surface area contributed by atoms with Gasteiger partial charge in [0, 0.05) is 11.8 Å². The minimum absolute atomic E-state index is 0. The Morgan fingerprint density at radius 3 is 2.75 bits per heavy atom. The van der Waals surface area contributed by atoms with E-state index in [0.29, 0.717) is 5.82 Å². The molecule has 0 bridgehead atoms. The van der Waals surface area contributed by atoms with Gasteiger partial charge < -0.3 is 11.1 Å². The second kappa shape index (κ2) is 6.50. The van der Waals surface area contributed by atoms with Crippen molar-refractivity contribution in [1.82, 2.24) is 10.2 Å². The molecular formula is C10H19ClN4O. The zero-order chi connectivity index (χ0) is 11.4. The zero-order valence-corrected chi connectivity index (χ0v) is 10.6. The fourth-order valence-corrected chi connectivity index (χ4v) is 1.20. The van der Waals surface area contributed by atoms with Gasteiger partial charge >= 0.3 is 0 Å². The predicted octanol–water partition coefficient (Wildman–Crippen LogP) is 1.45. The lowest BCUT2D eigenvalue weighted by atomic mass is 9.99. The molecule has 0 fully saturated rings. The van der Waals surface area contributed by atoms with Crippen LogP contribution in [0.25, 0.3) is 0 Å². The van der Waals surface area contributed by atoms with Crippen LogP contribution in [0.1, 0.15) is 26.0 Å². The largest absolute Gasteiger partial charge is 0.320 e. The molecule has 1 heterocycles. The molecule has 0 radical (unpaired) electrons. The standard InChI is InChI=1S/C10H18N4O.ClH/c1-4-6(2)9(11)10(15)12-8-5-7(3)13-14-8;/h5-6,9H,4,11H2,1-3H3,(H2,12,13,14,15);1H. The molecule has 5 nitrogen and oxygen atoms in total. The van der Waals surface area contributed by atoms with Crippen molar-refractivity contribution < 1.29 is 4.79 Å². The maximum Gasteiger partial charge on any atom is 0.242 e. The van der Waals surface area contributed by atoms with Crippen LogP contribution in [0.3, 0.4) is 0 Å². The van der Waals surface area contributed by atoms with E-state index in [9.17, 15) is 4.79 Å². The van der Waals surface area contributed by atoms with E-state index in [2.05, 4.69) is 15.5 Å². The van der Waals surface area contributed by atoms with Crippen molar-refractivity contribution in [3.8, 4) is 0 Å². The molecule has 0 aromatic carbocycles. The number of aryl methyl sites for hydroxylation is 1. The molecule has 4 N–H and O–H groups in total. The summed E-state index contributed by atoms with van der Waals surface area (Å²) in [5.41, 5.74) is 6.68. The normalized spacial score (nSPS) is 13.8. The van der Waals surface area contributed by atoms with E-state index >= 15 is 0 Å². The SMILES string of the molecule is CCC(C)C(N)C(=O)Nc1cc(C)[nH]n1.Cl. The number of halogens is 1. The molecule has 0 aliphatic rings. The van der Waals surface area contributed by atoms with Gasteiger partial charge in [-0.1, -0.05) is 20.3 Å². The summed E-state index contributed by atoms with van der Waals surface area (Å²) in [7, 11) is 0. The van der Waals surface area contributed by atoms with E-state index < -0.39 is 6.04 Å². The summed E-state index contributed by atoms with van der Waals surface area (Å²) in [6.07, 6.45) is 0.883. The van der Waals surface area contributed by atoms with Crippen LogP contribution in [0.2, 0.25) is 0 Å². The number of amides is 1. The van der Waals surface area contributed by atoms with E-state index in [0.717, 1.165) is 12.1 Å². The molecule has 92 valence electrons. The highest BCUT2D eigenvalue weighted by Gasteiger charge is 2.19. The maximum absolute atomic E-state index is 11.6. The Hall–Kier alpha value is -1.07. The number of hydrogen-bond donors (Lipinski definition) is 3. The first-order valence-electron chi connectivity index (χ1n) is 5.13. The number of anilines is 1. The lowest BCUT2D eigenvalue weighted by Gasteiger charge is -2.16. The fourth-order valence-electron chi connectivity index (χ4n) is 1.20. The number of nitrogens with two attached hydrogens (primary N) is 1. The highest BCUT2D eigenvalue weighted by atomic mass is 35.5. The molecule has 2 atom stereocenters. The number of nitrogens with one attached hydrogen (secondary N) is 2. The summed E-state index contributed by atoms with van der Waals surface area (Å²) in [6, 6.07) is 1.29. The van der Waals surface area contributed by atoms with Crippen molar-refractivity contribution in [2.75, 3.05) is 5.32 Å². The molecule has 0 spiro atoms. The van der Waals surface area contributed by atoms with Crippen molar-refractivity contribution in [2.24, 2.45) is 11.7 Å². The number of nitrogens with zero attached hydrogens (tertiary/aromatic N) is 1. The quantitative estimate of drug-likeness (QED) is 0.752. The van der Waals surface area contributed by atoms with E-state index in [1.165, 1.54) is 0 Å². The molecule has 1 aromatic rings. The number of H-pyrrole nitrogens is 1. The Balaban J connectivity index is 0.00000225. The molecule has 1 rings (SSSR count). The summed E-state index contributed by atoms with van der Waals surface area (Å²) in [6.45, 7) is 5.84. The average Bonchev–Trinajstić information content (AvgIpc) is 2.61. The van der Waals surface area contributed by atoms with Crippen molar-refractivity contribution in [3.63, 3.8) is 0 Å². The summed E-state index contributed by atoms with van der Waals surface area (Å²) < 4.78 is 0. The third-order valence-electron chi connectivity index (χ3n) is 2.52. The lowest BCUT2D eigenvalue weighted by molar-refractivity contribution is -0.118. The smallest absolute Gasteiger partial charge is 0.242 e. The third-order valence-corrected chi connectivity index (χ3v) is 2.52. The minimum Gasteiger partial charge on any atom is -0.320 e. The van der Waals surface area contributed by atoms with Gasteiger partial charge in [-0.05, 0) is 12.8 Å². The topological polar surface area (TPSA) is 83.8 Å². The predicted molar refractivity (Wildman–Crippen MR) is 66.6 cm³/mol. The molecular weight excluding hydrogens is 228 g/mol. The molecule has 0 saturated carbocycles. The van der Waals surface area contributed by atoms with Gasteiger partial charge in [0.2, 0.25) is 5.91 Å². The third kappa shape index (κ3) is 3.83.